The molecule has 3 N–H and O–H groups in total. The molecule has 0 saturated carbocycles. The largest absolute Gasteiger partial charge is 4.00 e. The van der Waals surface area contributed by atoms with E-state index < -0.39 is 0 Å². The Morgan fingerprint density at radius 2 is 0.818 bits per heavy atom. The fourth-order valence-electron chi connectivity index (χ4n) is 0.321. The number of hydrogen-bond acceptors (Lipinski definition) is 0. The summed E-state index contributed by atoms with van der Waals surface area (Å²) in [7, 11) is 0.120. The summed E-state index contributed by atoms with van der Waals surface area (Å²) in [6.45, 7) is 17.8. The Bertz CT molecular complexity index is 174. The quantitative estimate of drug-likeness (QED) is 0.348. The molecular formula is C17H38N3SiV. The third kappa shape index (κ3) is 287. The summed E-state index contributed by atoms with van der Waals surface area (Å²) in [4.78, 5) is 0. The van der Waals surface area contributed by atoms with Crippen molar-refractivity contribution in [3.05, 3.63) is 47.5 Å². The molecule has 1 aromatic rings. The van der Waals surface area contributed by atoms with Crippen molar-refractivity contribution in [3.63, 3.8) is 0 Å². The average Bonchev–Trinajstić information content (AvgIpc) is 2.68. The molecule has 1 aromatic carbocycles. The summed E-state index contributed by atoms with van der Waals surface area (Å²) in [5.74, 6) is 0. The number of rotatable bonds is 0. The Hall–Kier alpha value is 0.0313. The first-order valence-corrected chi connectivity index (χ1v) is 10.5. The van der Waals surface area contributed by atoms with Gasteiger partial charge in [0.1, 0.15) is 0 Å². The Balaban J connectivity index is -0.0000000544. The first-order chi connectivity index (χ1) is 9.43. The zero-order chi connectivity index (χ0) is 17.8. The molecular weight excluding hydrogens is 325 g/mol. The first kappa shape index (κ1) is 33.6. The van der Waals surface area contributed by atoms with Crippen LogP contribution in [0.3, 0.4) is 0 Å². The van der Waals surface area contributed by atoms with E-state index in [1.165, 1.54) is 0 Å². The van der Waals surface area contributed by atoms with E-state index in [2.05, 4.69) is 19.6 Å². The minimum Gasteiger partial charge on any atom is -0.675 e. The molecule has 22 heavy (non-hydrogen) atoms. The van der Waals surface area contributed by atoms with Crippen LogP contribution in [-0.4, -0.2) is 26.9 Å². The van der Waals surface area contributed by atoms with Gasteiger partial charge >= 0.3 is 18.6 Å². The monoisotopic (exact) mass is 363 g/mol. The van der Waals surface area contributed by atoms with Crippen LogP contribution in [0.2, 0.25) is 19.6 Å². The molecule has 130 valence electrons. The van der Waals surface area contributed by atoms with Gasteiger partial charge in [0.05, 0.1) is 0 Å². The second kappa shape index (κ2) is 29.1. The molecule has 0 bridgehead atoms. The van der Waals surface area contributed by atoms with Gasteiger partial charge in [-0.2, -0.15) is 18.2 Å². The van der Waals surface area contributed by atoms with Crippen molar-refractivity contribution < 1.29 is 18.6 Å². The maximum Gasteiger partial charge on any atom is 4.00 e. The Kier molecular flexibility index (Phi) is 44.4. The zero-order valence-electron chi connectivity index (χ0n) is 16.1. The fourth-order valence-corrected chi connectivity index (χ4v) is 0.321. The molecule has 3 nitrogen and oxygen atoms in total. The molecule has 0 spiro atoms. The molecule has 2 radical (unpaired) electrons. The van der Waals surface area contributed by atoms with Gasteiger partial charge in [0, 0.05) is 8.80 Å². The summed E-state index contributed by atoms with van der Waals surface area (Å²) in [6.07, 6.45) is 0. The van der Waals surface area contributed by atoms with Gasteiger partial charge in [-0.25, -0.2) is 12.1 Å². The van der Waals surface area contributed by atoms with Crippen molar-refractivity contribution in [2.45, 2.75) is 79.3 Å². The van der Waals surface area contributed by atoms with E-state index >= 15 is 0 Å². The molecule has 0 aromatic heterocycles. The summed E-state index contributed by atoms with van der Waals surface area (Å²) < 4.78 is 0. The van der Waals surface area contributed by atoms with Gasteiger partial charge < -0.3 is 17.2 Å². The predicted octanol–water partition coefficient (Wildman–Crippen LogP) is 7.11. The van der Waals surface area contributed by atoms with Crippen LogP contribution >= 0.6 is 0 Å². The van der Waals surface area contributed by atoms with Gasteiger partial charge in [-0.1, -0.05) is 61.2 Å². The van der Waals surface area contributed by atoms with Gasteiger partial charge in [-0.15, -0.1) is 18.1 Å². The Labute approximate surface area is 154 Å². The minimum atomic E-state index is 0. The Morgan fingerprint density at radius 3 is 0.864 bits per heavy atom. The van der Waals surface area contributed by atoms with Crippen LogP contribution in [0.15, 0.2) is 30.3 Å². The van der Waals surface area contributed by atoms with Crippen LogP contribution in [0.4, 0.5) is 0 Å². The topological polar surface area (TPSA) is 71.4 Å². The van der Waals surface area contributed by atoms with Crippen molar-refractivity contribution in [3.8, 4) is 0 Å². The van der Waals surface area contributed by atoms with E-state index in [9.17, 15) is 0 Å². The van der Waals surface area contributed by atoms with E-state index in [-0.39, 0.29) is 45.5 Å². The maximum absolute atomic E-state index is 6.58. The van der Waals surface area contributed by atoms with E-state index in [4.69, 9.17) is 17.2 Å². The van der Waals surface area contributed by atoms with Crippen LogP contribution in [0.1, 0.15) is 41.5 Å². The van der Waals surface area contributed by atoms with Gasteiger partial charge in [0.2, 0.25) is 0 Å². The van der Waals surface area contributed by atoms with Crippen LogP contribution in [0.5, 0.6) is 0 Å². The maximum atomic E-state index is 6.58. The summed E-state index contributed by atoms with van der Waals surface area (Å²) in [6, 6.07) is 10.2. The Morgan fingerprint density at radius 1 is 0.682 bits per heavy atom. The van der Waals surface area contributed by atoms with Gasteiger partial charge in [0.15, 0.2) is 0 Å². The normalized spacial score (nSPS) is 8.36. The van der Waals surface area contributed by atoms with Crippen LogP contribution in [-0.2, 0) is 18.6 Å². The van der Waals surface area contributed by atoms with Crippen molar-refractivity contribution in [1.82, 2.24) is 0 Å². The molecule has 0 heterocycles. The van der Waals surface area contributed by atoms with Gasteiger partial charge in [-0.05, 0) is 0 Å². The molecule has 0 atom stereocenters. The molecule has 0 amide bonds. The number of hydrogen-bond donors (Lipinski definition) is 0. The SMILES string of the molecule is CC(C)[NH-].CC(C)[NH-].CC(C)[NH-].C[Si](C)C.[V+4].c1cc[cH-]c1. The summed E-state index contributed by atoms with van der Waals surface area (Å²) in [5, 5.41) is 0. The van der Waals surface area contributed by atoms with E-state index in [1.807, 2.05) is 71.9 Å². The van der Waals surface area contributed by atoms with Gasteiger partial charge in [-0.3, -0.25) is 0 Å². The molecule has 1 rings (SSSR count). The standard InChI is InChI=1S/C5H5.3C3H8N.C3H9Si.V/c1-2-4-5-3-1;3*1-3(2)4;1-4(2)3;/h1-5H;3*3-4H,1-2H3;1-3H3;/q4*-1;;+4. The zero-order valence-corrected chi connectivity index (χ0v) is 18.5. The van der Waals surface area contributed by atoms with E-state index in [0.29, 0.717) is 0 Å². The van der Waals surface area contributed by atoms with Crippen molar-refractivity contribution in [2.75, 3.05) is 0 Å². The molecule has 0 aliphatic carbocycles. The van der Waals surface area contributed by atoms with Crippen LogP contribution in [0.25, 0.3) is 17.2 Å². The second-order valence-electron chi connectivity index (χ2n) is 5.93. The third-order valence-electron chi connectivity index (χ3n) is 0.556. The molecule has 0 aliphatic heterocycles. The van der Waals surface area contributed by atoms with E-state index in [1.54, 1.807) is 0 Å². The molecule has 0 saturated heterocycles. The molecule has 0 fully saturated rings. The third-order valence-corrected chi connectivity index (χ3v) is 0.556. The smallest absolute Gasteiger partial charge is 0.675 e. The second-order valence-corrected chi connectivity index (χ2v) is 8.93. The number of nitrogens with one attached hydrogen (secondary N) is 3. The first-order valence-electron chi connectivity index (χ1n) is 7.50. The molecule has 0 aliphatic rings. The molecule has 0 unspecified atom stereocenters. The van der Waals surface area contributed by atoms with Crippen molar-refractivity contribution in [1.29, 1.82) is 0 Å². The van der Waals surface area contributed by atoms with E-state index in [0.717, 1.165) is 0 Å². The van der Waals surface area contributed by atoms with Crippen LogP contribution < -0.4 is 0 Å². The van der Waals surface area contributed by atoms with Crippen LogP contribution in [0, 0.1) is 0 Å². The van der Waals surface area contributed by atoms with Crippen molar-refractivity contribution in [2.24, 2.45) is 0 Å². The predicted molar refractivity (Wildman–Crippen MR) is 104 cm³/mol. The minimum absolute atomic E-state index is 0. The van der Waals surface area contributed by atoms with Gasteiger partial charge in [0.25, 0.3) is 0 Å². The fraction of sp³-hybridized carbons (Fsp3) is 0.706. The summed E-state index contributed by atoms with van der Waals surface area (Å²) >= 11 is 0. The average molecular weight is 364 g/mol. The summed E-state index contributed by atoms with van der Waals surface area (Å²) in [5.41, 5.74) is 19.8. The molecule has 5 heteroatoms. The van der Waals surface area contributed by atoms with Crippen molar-refractivity contribution >= 4 is 8.80 Å².